The lowest BCUT2D eigenvalue weighted by Gasteiger charge is -2.20. The summed E-state index contributed by atoms with van der Waals surface area (Å²) >= 11 is 1.62. The van der Waals surface area contributed by atoms with Crippen molar-refractivity contribution in [2.24, 2.45) is 10.7 Å². The van der Waals surface area contributed by atoms with Crippen molar-refractivity contribution in [2.45, 2.75) is 32.9 Å². The van der Waals surface area contributed by atoms with Crippen molar-refractivity contribution in [3.63, 3.8) is 0 Å². The van der Waals surface area contributed by atoms with Crippen LogP contribution in [0.1, 0.15) is 26.5 Å². The van der Waals surface area contributed by atoms with Gasteiger partial charge in [-0.3, -0.25) is 0 Å². The van der Waals surface area contributed by atoms with E-state index in [2.05, 4.69) is 21.4 Å². The Balaban J connectivity index is 0.00000208. The number of nitrogens with one attached hydrogen (secondary N) is 1. The van der Waals surface area contributed by atoms with Crippen molar-refractivity contribution >= 4 is 51.5 Å². The molecule has 0 fully saturated rings. The first-order valence-electron chi connectivity index (χ1n) is 7.43. The SMILES string of the molecule is CC(C)(C)NC(N)=NCc1ccc(-c2nc3ccccc3s2)o1.I. The fraction of sp³-hybridized carbons (Fsp3) is 0.294. The van der Waals surface area contributed by atoms with Crippen LogP contribution in [0.15, 0.2) is 45.8 Å². The molecule has 1 aromatic carbocycles. The van der Waals surface area contributed by atoms with E-state index in [1.165, 1.54) is 0 Å². The van der Waals surface area contributed by atoms with Gasteiger partial charge in [-0.1, -0.05) is 12.1 Å². The van der Waals surface area contributed by atoms with Crippen LogP contribution in [0.3, 0.4) is 0 Å². The van der Waals surface area contributed by atoms with Gasteiger partial charge in [0.1, 0.15) is 12.3 Å². The molecule has 5 nitrogen and oxygen atoms in total. The number of hydrogen-bond donors (Lipinski definition) is 2. The van der Waals surface area contributed by atoms with Gasteiger partial charge in [-0.15, -0.1) is 35.3 Å². The number of fused-ring (bicyclic) bond motifs is 1. The van der Waals surface area contributed by atoms with E-state index in [4.69, 9.17) is 10.2 Å². The van der Waals surface area contributed by atoms with Gasteiger partial charge in [0, 0.05) is 5.54 Å². The van der Waals surface area contributed by atoms with E-state index in [9.17, 15) is 0 Å². The van der Waals surface area contributed by atoms with E-state index in [1.54, 1.807) is 11.3 Å². The first kappa shape index (κ1) is 18.7. The van der Waals surface area contributed by atoms with Crippen LogP contribution in [0.4, 0.5) is 0 Å². The normalized spacial score (nSPS) is 12.2. The van der Waals surface area contributed by atoms with Gasteiger partial charge in [-0.05, 0) is 45.0 Å². The number of nitrogens with zero attached hydrogens (tertiary/aromatic N) is 2. The number of para-hydroxylation sites is 1. The van der Waals surface area contributed by atoms with Crippen LogP contribution in [-0.4, -0.2) is 16.5 Å². The predicted octanol–water partition coefficient (Wildman–Crippen LogP) is 4.38. The second-order valence-corrected chi connectivity index (χ2v) is 7.36. The van der Waals surface area contributed by atoms with Gasteiger partial charge in [0.15, 0.2) is 16.7 Å². The summed E-state index contributed by atoms with van der Waals surface area (Å²) in [6.07, 6.45) is 0. The van der Waals surface area contributed by atoms with Crippen molar-refractivity contribution in [3.05, 3.63) is 42.2 Å². The molecule has 128 valence electrons. The Hall–Kier alpha value is -1.61. The first-order chi connectivity index (χ1) is 10.9. The minimum absolute atomic E-state index is 0. The summed E-state index contributed by atoms with van der Waals surface area (Å²) in [6, 6.07) is 11.9. The van der Waals surface area contributed by atoms with Gasteiger partial charge in [0.2, 0.25) is 0 Å². The Morgan fingerprint density at radius 2 is 2.00 bits per heavy atom. The minimum Gasteiger partial charge on any atom is -0.457 e. The predicted molar refractivity (Wildman–Crippen MR) is 111 cm³/mol. The van der Waals surface area contributed by atoms with E-state index >= 15 is 0 Å². The molecule has 7 heteroatoms. The third kappa shape index (κ3) is 4.70. The Kier molecular flexibility index (Phi) is 5.87. The number of furan rings is 1. The number of aromatic nitrogens is 1. The molecule has 3 rings (SSSR count). The molecule has 0 amide bonds. The molecule has 0 saturated carbocycles. The molecule has 0 unspecified atom stereocenters. The summed E-state index contributed by atoms with van der Waals surface area (Å²) in [5, 5.41) is 4.00. The van der Waals surface area contributed by atoms with Crippen LogP contribution >= 0.6 is 35.3 Å². The fourth-order valence-corrected chi connectivity index (χ4v) is 3.07. The highest BCUT2D eigenvalue weighted by molar-refractivity contribution is 14.0. The van der Waals surface area contributed by atoms with E-state index < -0.39 is 0 Å². The van der Waals surface area contributed by atoms with Crippen LogP contribution in [-0.2, 0) is 6.54 Å². The summed E-state index contributed by atoms with van der Waals surface area (Å²) in [5.74, 6) is 1.94. The molecular weight excluding hydrogens is 435 g/mol. The largest absolute Gasteiger partial charge is 0.457 e. The summed E-state index contributed by atoms with van der Waals surface area (Å²) in [7, 11) is 0. The highest BCUT2D eigenvalue weighted by atomic mass is 127. The maximum absolute atomic E-state index is 5.86. The lowest BCUT2D eigenvalue weighted by Crippen LogP contribution is -2.44. The van der Waals surface area contributed by atoms with Crippen molar-refractivity contribution in [1.82, 2.24) is 10.3 Å². The number of guanidine groups is 1. The fourth-order valence-electron chi connectivity index (χ4n) is 2.14. The minimum atomic E-state index is -0.108. The molecule has 24 heavy (non-hydrogen) atoms. The van der Waals surface area contributed by atoms with Crippen LogP contribution in [0.5, 0.6) is 0 Å². The van der Waals surface area contributed by atoms with E-state index in [0.717, 1.165) is 26.7 Å². The molecule has 0 saturated heterocycles. The van der Waals surface area contributed by atoms with Gasteiger partial charge in [-0.25, -0.2) is 9.98 Å². The lowest BCUT2D eigenvalue weighted by atomic mass is 10.1. The molecule has 0 radical (unpaired) electrons. The van der Waals surface area contributed by atoms with Crippen molar-refractivity contribution in [3.8, 4) is 10.8 Å². The average Bonchev–Trinajstić information content (AvgIpc) is 3.09. The summed E-state index contributed by atoms with van der Waals surface area (Å²) in [4.78, 5) is 8.89. The Morgan fingerprint density at radius 3 is 2.71 bits per heavy atom. The van der Waals surface area contributed by atoms with Crippen molar-refractivity contribution < 1.29 is 4.42 Å². The Labute approximate surface area is 162 Å². The lowest BCUT2D eigenvalue weighted by molar-refractivity contribution is 0.502. The number of aliphatic imine (C=N–C) groups is 1. The van der Waals surface area contributed by atoms with Crippen LogP contribution in [0.25, 0.3) is 21.0 Å². The number of halogens is 1. The van der Waals surface area contributed by atoms with E-state index in [-0.39, 0.29) is 29.5 Å². The smallest absolute Gasteiger partial charge is 0.189 e. The number of hydrogen-bond acceptors (Lipinski definition) is 4. The molecule has 0 atom stereocenters. The Bertz CT molecular complexity index is 815. The zero-order chi connectivity index (χ0) is 16.4. The maximum atomic E-state index is 5.86. The summed E-state index contributed by atoms with van der Waals surface area (Å²) in [6.45, 7) is 6.51. The molecule has 0 aliphatic rings. The van der Waals surface area contributed by atoms with Gasteiger partial charge in [0.25, 0.3) is 0 Å². The summed E-state index contributed by atoms with van der Waals surface area (Å²) in [5.41, 5.74) is 6.74. The van der Waals surface area contributed by atoms with Gasteiger partial charge in [0.05, 0.1) is 10.2 Å². The topological polar surface area (TPSA) is 76.4 Å². The van der Waals surface area contributed by atoms with Crippen LogP contribution in [0, 0.1) is 0 Å². The second-order valence-electron chi connectivity index (χ2n) is 6.33. The molecule has 0 spiro atoms. The van der Waals surface area contributed by atoms with Gasteiger partial charge < -0.3 is 15.5 Å². The molecule has 3 aromatic rings. The van der Waals surface area contributed by atoms with Crippen molar-refractivity contribution in [1.29, 1.82) is 0 Å². The number of benzene rings is 1. The van der Waals surface area contributed by atoms with Crippen molar-refractivity contribution in [2.75, 3.05) is 0 Å². The molecule has 2 aromatic heterocycles. The second kappa shape index (κ2) is 7.52. The average molecular weight is 456 g/mol. The van der Waals surface area contributed by atoms with E-state index in [0.29, 0.717) is 12.5 Å². The zero-order valence-corrected chi connectivity index (χ0v) is 17.0. The van der Waals surface area contributed by atoms with Crippen LogP contribution < -0.4 is 11.1 Å². The zero-order valence-electron chi connectivity index (χ0n) is 13.9. The molecule has 0 bridgehead atoms. The third-order valence-corrected chi connectivity index (χ3v) is 4.13. The number of thiazole rings is 1. The highest BCUT2D eigenvalue weighted by Crippen LogP contribution is 2.31. The van der Waals surface area contributed by atoms with Gasteiger partial charge in [-0.2, -0.15) is 0 Å². The Morgan fingerprint density at radius 1 is 1.25 bits per heavy atom. The third-order valence-electron chi connectivity index (χ3n) is 3.07. The highest BCUT2D eigenvalue weighted by Gasteiger charge is 2.12. The number of nitrogens with two attached hydrogens (primary N) is 1. The maximum Gasteiger partial charge on any atom is 0.189 e. The van der Waals surface area contributed by atoms with Gasteiger partial charge >= 0.3 is 0 Å². The summed E-state index contributed by atoms with van der Waals surface area (Å²) < 4.78 is 6.99. The number of rotatable bonds is 3. The molecule has 2 heterocycles. The van der Waals surface area contributed by atoms with E-state index in [1.807, 2.05) is 51.1 Å². The monoisotopic (exact) mass is 456 g/mol. The quantitative estimate of drug-likeness (QED) is 0.349. The molecule has 0 aliphatic heterocycles. The molecule has 3 N–H and O–H groups in total. The van der Waals surface area contributed by atoms with Crippen LogP contribution in [0.2, 0.25) is 0 Å². The standard InChI is InChI=1S/C17H20N4OS.HI/c1-17(2,3)21-16(18)19-10-11-8-9-13(22-11)15-20-12-6-4-5-7-14(12)23-15;/h4-9H,10H2,1-3H3,(H3,18,19,21);1H. The molecule has 0 aliphatic carbocycles. The molecular formula is C17H21IN4OS. The first-order valence-corrected chi connectivity index (χ1v) is 8.25.